The Morgan fingerprint density at radius 2 is 1.90 bits per heavy atom. The molecule has 106 valence electrons. The van der Waals surface area contributed by atoms with E-state index in [4.69, 9.17) is 0 Å². The van der Waals surface area contributed by atoms with Gasteiger partial charge in [0.1, 0.15) is 11.3 Å². The first-order chi connectivity index (χ1) is 9.99. The van der Waals surface area contributed by atoms with Crippen molar-refractivity contribution in [2.75, 3.05) is 0 Å². The predicted molar refractivity (Wildman–Crippen MR) is 82.2 cm³/mol. The summed E-state index contributed by atoms with van der Waals surface area (Å²) >= 11 is 0. The van der Waals surface area contributed by atoms with Gasteiger partial charge in [-0.05, 0) is 50.1 Å². The van der Waals surface area contributed by atoms with Gasteiger partial charge in [0, 0.05) is 0 Å². The van der Waals surface area contributed by atoms with Crippen LogP contribution in [-0.2, 0) is 0 Å². The highest BCUT2D eigenvalue weighted by Crippen LogP contribution is 2.26. The Labute approximate surface area is 122 Å². The number of aryl methyl sites for hydroxylation is 3. The lowest BCUT2D eigenvalue weighted by Crippen LogP contribution is -2.00. The van der Waals surface area contributed by atoms with Gasteiger partial charge in [-0.3, -0.25) is 4.57 Å². The van der Waals surface area contributed by atoms with E-state index in [2.05, 4.69) is 23.2 Å². The Morgan fingerprint density at radius 3 is 2.62 bits per heavy atom. The third kappa shape index (κ3) is 2.09. The molecule has 0 saturated carbocycles. The third-order valence-corrected chi connectivity index (χ3v) is 3.69. The van der Waals surface area contributed by atoms with E-state index < -0.39 is 5.97 Å². The summed E-state index contributed by atoms with van der Waals surface area (Å²) in [6.45, 7) is 5.98. The molecule has 21 heavy (non-hydrogen) atoms. The Kier molecular flexibility index (Phi) is 3.01. The van der Waals surface area contributed by atoms with E-state index in [0.29, 0.717) is 5.52 Å². The molecule has 1 heterocycles. The quantitative estimate of drug-likeness (QED) is 0.779. The van der Waals surface area contributed by atoms with Gasteiger partial charge in [-0.2, -0.15) is 0 Å². The van der Waals surface area contributed by atoms with Crippen molar-refractivity contribution >= 4 is 17.0 Å². The minimum Gasteiger partial charge on any atom is -0.478 e. The number of imidazole rings is 1. The molecule has 1 N–H and O–H groups in total. The summed E-state index contributed by atoms with van der Waals surface area (Å²) in [6.07, 6.45) is 0. The van der Waals surface area contributed by atoms with Gasteiger partial charge in [0.2, 0.25) is 0 Å². The summed E-state index contributed by atoms with van der Waals surface area (Å²) in [5.41, 5.74) is 4.91. The third-order valence-electron chi connectivity index (χ3n) is 3.69. The van der Waals surface area contributed by atoms with Crippen LogP contribution in [-0.4, -0.2) is 20.6 Å². The second kappa shape index (κ2) is 4.74. The molecule has 0 spiro atoms. The number of benzene rings is 2. The maximum Gasteiger partial charge on any atom is 0.337 e. The standard InChI is InChI=1S/C17H16N2O2/c1-10-7-8-11(2)15(9-10)19-12(3)18-16-13(17(20)21)5-4-6-14(16)19/h4-9H,1-3H3,(H,20,21). The molecule has 2 aromatic carbocycles. The molecule has 4 heteroatoms. The number of rotatable bonds is 2. The van der Waals surface area contributed by atoms with Gasteiger partial charge < -0.3 is 5.11 Å². The first kappa shape index (κ1) is 13.4. The zero-order valence-electron chi connectivity index (χ0n) is 12.2. The van der Waals surface area contributed by atoms with E-state index >= 15 is 0 Å². The number of para-hydroxylation sites is 1. The van der Waals surface area contributed by atoms with Gasteiger partial charge in [-0.15, -0.1) is 0 Å². The van der Waals surface area contributed by atoms with E-state index in [1.807, 2.05) is 31.4 Å². The molecule has 0 bridgehead atoms. The van der Waals surface area contributed by atoms with Gasteiger partial charge in [0.25, 0.3) is 0 Å². The number of carboxylic acids is 1. The number of fused-ring (bicyclic) bond motifs is 1. The SMILES string of the molecule is Cc1ccc(C)c(-n2c(C)nc3c(C(=O)O)cccc32)c1. The van der Waals surface area contributed by atoms with Crippen molar-refractivity contribution < 1.29 is 9.90 Å². The van der Waals surface area contributed by atoms with E-state index in [1.54, 1.807) is 12.1 Å². The van der Waals surface area contributed by atoms with Crippen LogP contribution >= 0.6 is 0 Å². The zero-order chi connectivity index (χ0) is 15.1. The van der Waals surface area contributed by atoms with Gasteiger partial charge in [-0.25, -0.2) is 9.78 Å². The smallest absolute Gasteiger partial charge is 0.337 e. The summed E-state index contributed by atoms with van der Waals surface area (Å²) in [4.78, 5) is 15.8. The number of hydrogen-bond donors (Lipinski definition) is 1. The van der Waals surface area contributed by atoms with Crippen LogP contribution in [0.2, 0.25) is 0 Å². The molecule has 0 saturated heterocycles. The molecule has 0 aliphatic heterocycles. The van der Waals surface area contributed by atoms with Gasteiger partial charge in [0.05, 0.1) is 16.8 Å². The highest BCUT2D eigenvalue weighted by Gasteiger charge is 2.16. The van der Waals surface area contributed by atoms with Crippen LogP contribution in [0.4, 0.5) is 0 Å². The second-order valence-corrected chi connectivity index (χ2v) is 5.26. The van der Waals surface area contributed by atoms with E-state index in [0.717, 1.165) is 28.2 Å². The van der Waals surface area contributed by atoms with Crippen LogP contribution < -0.4 is 0 Å². The average Bonchev–Trinajstić information content (AvgIpc) is 2.77. The molecule has 0 aliphatic carbocycles. The van der Waals surface area contributed by atoms with Crippen LogP contribution in [0.15, 0.2) is 36.4 Å². The molecular weight excluding hydrogens is 264 g/mol. The van der Waals surface area contributed by atoms with Crippen molar-refractivity contribution in [2.24, 2.45) is 0 Å². The first-order valence-corrected chi connectivity index (χ1v) is 6.78. The number of aromatic carboxylic acids is 1. The molecule has 3 rings (SSSR count). The summed E-state index contributed by atoms with van der Waals surface area (Å²) < 4.78 is 2.02. The molecule has 1 aromatic heterocycles. The van der Waals surface area contributed by atoms with Crippen LogP contribution in [0.3, 0.4) is 0 Å². The minimum atomic E-state index is -0.953. The highest BCUT2D eigenvalue weighted by atomic mass is 16.4. The number of aromatic nitrogens is 2. The fourth-order valence-electron chi connectivity index (χ4n) is 2.65. The van der Waals surface area contributed by atoms with Crippen LogP contribution in [0, 0.1) is 20.8 Å². The Morgan fingerprint density at radius 1 is 1.14 bits per heavy atom. The average molecular weight is 280 g/mol. The molecule has 4 nitrogen and oxygen atoms in total. The number of carbonyl (C=O) groups is 1. The molecule has 0 unspecified atom stereocenters. The Bertz CT molecular complexity index is 863. The van der Waals surface area contributed by atoms with Crippen molar-refractivity contribution in [1.29, 1.82) is 0 Å². The summed E-state index contributed by atoms with van der Waals surface area (Å²) in [5, 5.41) is 9.30. The second-order valence-electron chi connectivity index (χ2n) is 5.26. The van der Waals surface area contributed by atoms with E-state index in [9.17, 15) is 9.90 Å². The lowest BCUT2D eigenvalue weighted by molar-refractivity contribution is 0.0699. The highest BCUT2D eigenvalue weighted by molar-refractivity contribution is 6.01. The largest absolute Gasteiger partial charge is 0.478 e. The van der Waals surface area contributed by atoms with Crippen LogP contribution in [0.25, 0.3) is 16.7 Å². The monoisotopic (exact) mass is 280 g/mol. The van der Waals surface area contributed by atoms with Gasteiger partial charge in [-0.1, -0.05) is 18.2 Å². The molecule has 0 atom stereocenters. The summed E-state index contributed by atoms with van der Waals surface area (Å²) in [6, 6.07) is 11.5. The van der Waals surface area contributed by atoms with E-state index in [-0.39, 0.29) is 5.56 Å². The number of hydrogen-bond acceptors (Lipinski definition) is 2. The maximum atomic E-state index is 11.3. The van der Waals surface area contributed by atoms with Gasteiger partial charge in [0.15, 0.2) is 0 Å². The summed E-state index contributed by atoms with van der Waals surface area (Å²) in [7, 11) is 0. The molecule has 0 fully saturated rings. The van der Waals surface area contributed by atoms with Crippen molar-refractivity contribution in [2.45, 2.75) is 20.8 Å². The lowest BCUT2D eigenvalue weighted by atomic mass is 10.1. The Hall–Kier alpha value is -2.62. The van der Waals surface area contributed by atoms with Crippen LogP contribution in [0.5, 0.6) is 0 Å². The fourth-order valence-corrected chi connectivity index (χ4v) is 2.65. The molecule has 0 amide bonds. The van der Waals surface area contributed by atoms with Crippen LogP contribution in [0.1, 0.15) is 27.3 Å². The van der Waals surface area contributed by atoms with Gasteiger partial charge >= 0.3 is 5.97 Å². The molecule has 0 radical (unpaired) electrons. The molecule has 3 aromatic rings. The number of carboxylic acid groups (broad SMARTS) is 1. The normalized spacial score (nSPS) is 11.0. The molecular formula is C17H16N2O2. The van der Waals surface area contributed by atoms with Crippen molar-refractivity contribution in [1.82, 2.24) is 9.55 Å². The lowest BCUT2D eigenvalue weighted by Gasteiger charge is -2.11. The fraction of sp³-hybridized carbons (Fsp3) is 0.176. The summed E-state index contributed by atoms with van der Waals surface area (Å²) in [5.74, 6) is -0.168. The zero-order valence-corrected chi connectivity index (χ0v) is 12.2. The van der Waals surface area contributed by atoms with Crippen molar-refractivity contribution in [3.05, 3.63) is 58.9 Å². The van der Waals surface area contributed by atoms with Crippen molar-refractivity contribution in [3.63, 3.8) is 0 Å². The minimum absolute atomic E-state index is 0.236. The maximum absolute atomic E-state index is 11.3. The number of nitrogens with zero attached hydrogens (tertiary/aromatic N) is 2. The van der Waals surface area contributed by atoms with Crippen molar-refractivity contribution in [3.8, 4) is 5.69 Å². The first-order valence-electron chi connectivity index (χ1n) is 6.78. The Balaban J connectivity index is 2.38. The topological polar surface area (TPSA) is 55.1 Å². The predicted octanol–water partition coefficient (Wildman–Crippen LogP) is 3.65. The van der Waals surface area contributed by atoms with E-state index in [1.165, 1.54) is 0 Å². The molecule has 0 aliphatic rings.